The van der Waals surface area contributed by atoms with Crippen LogP contribution in [-0.4, -0.2) is 26.2 Å². The molecule has 0 radical (unpaired) electrons. The summed E-state index contributed by atoms with van der Waals surface area (Å²) < 4.78 is 7.04. The molecule has 1 aromatic carbocycles. The van der Waals surface area contributed by atoms with E-state index >= 15 is 0 Å². The van der Waals surface area contributed by atoms with Crippen LogP contribution in [0.5, 0.6) is 5.75 Å². The normalized spacial score (nSPS) is 11.2. The molecule has 0 unspecified atom stereocenters. The second-order valence-corrected chi connectivity index (χ2v) is 4.33. The van der Waals surface area contributed by atoms with E-state index in [1.807, 2.05) is 6.07 Å². The van der Waals surface area contributed by atoms with Crippen molar-refractivity contribution in [2.45, 2.75) is 0 Å². The summed E-state index contributed by atoms with van der Waals surface area (Å²) in [6, 6.07) is 10.4. The standard InChI is InChI=1S/C13H10N4O2S/c18-10-5-2-1-4-9(10)8-14-17-12(15-16-13(17)20)11-6-3-7-19-11/h1-8,18H,(H,16,20)/b14-8-. The Morgan fingerprint density at radius 1 is 1.30 bits per heavy atom. The number of nitrogens with one attached hydrogen (secondary N) is 1. The van der Waals surface area contributed by atoms with Gasteiger partial charge in [0.15, 0.2) is 5.76 Å². The summed E-state index contributed by atoms with van der Waals surface area (Å²) in [6.07, 6.45) is 3.05. The number of benzene rings is 1. The molecule has 2 heterocycles. The van der Waals surface area contributed by atoms with E-state index in [0.717, 1.165) is 0 Å². The van der Waals surface area contributed by atoms with Gasteiger partial charge >= 0.3 is 0 Å². The van der Waals surface area contributed by atoms with Crippen LogP contribution in [0, 0.1) is 4.77 Å². The Morgan fingerprint density at radius 2 is 2.15 bits per heavy atom. The van der Waals surface area contributed by atoms with E-state index in [9.17, 15) is 5.11 Å². The maximum atomic E-state index is 9.69. The SMILES string of the molecule is Oc1ccccc1/C=N\n1c(-c2ccco2)n[nH]c1=S. The van der Waals surface area contributed by atoms with Gasteiger partial charge in [-0.15, -0.1) is 5.10 Å². The fourth-order valence-corrected chi connectivity index (χ4v) is 1.86. The van der Waals surface area contributed by atoms with Gasteiger partial charge < -0.3 is 9.52 Å². The Kier molecular flexibility index (Phi) is 3.18. The number of aromatic nitrogens is 3. The van der Waals surface area contributed by atoms with Gasteiger partial charge in [0.05, 0.1) is 12.5 Å². The molecule has 0 spiro atoms. The summed E-state index contributed by atoms with van der Waals surface area (Å²) >= 11 is 5.12. The average Bonchev–Trinajstić information content (AvgIpc) is 3.08. The molecule has 0 saturated heterocycles. The van der Waals surface area contributed by atoms with Crippen molar-refractivity contribution in [2.24, 2.45) is 5.10 Å². The number of rotatable bonds is 3. The first-order valence-electron chi connectivity index (χ1n) is 5.79. The molecule has 3 aromatic rings. The van der Waals surface area contributed by atoms with Crippen LogP contribution < -0.4 is 0 Å². The van der Waals surface area contributed by atoms with E-state index in [1.54, 1.807) is 36.6 Å². The van der Waals surface area contributed by atoms with Crippen LogP contribution in [0.1, 0.15) is 5.56 Å². The van der Waals surface area contributed by atoms with E-state index in [0.29, 0.717) is 21.9 Å². The molecule has 0 aliphatic heterocycles. The lowest BCUT2D eigenvalue weighted by atomic mass is 10.2. The summed E-state index contributed by atoms with van der Waals surface area (Å²) in [5.41, 5.74) is 0.584. The largest absolute Gasteiger partial charge is 0.507 e. The fourth-order valence-electron chi connectivity index (χ4n) is 1.68. The molecule has 0 saturated carbocycles. The molecule has 100 valence electrons. The molecule has 0 aliphatic rings. The van der Waals surface area contributed by atoms with Crippen molar-refractivity contribution in [3.8, 4) is 17.3 Å². The van der Waals surface area contributed by atoms with Crippen molar-refractivity contribution in [3.63, 3.8) is 0 Å². The highest BCUT2D eigenvalue weighted by Crippen LogP contribution is 2.18. The molecular formula is C13H10N4O2S. The van der Waals surface area contributed by atoms with Gasteiger partial charge in [-0.1, -0.05) is 12.1 Å². The van der Waals surface area contributed by atoms with Crippen LogP contribution in [0.25, 0.3) is 11.6 Å². The summed E-state index contributed by atoms with van der Waals surface area (Å²) in [7, 11) is 0. The summed E-state index contributed by atoms with van der Waals surface area (Å²) in [4.78, 5) is 0. The van der Waals surface area contributed by atoms with Gasteiger partial charge in [0.1, 0.15) is 5.75 Å². The van der Waals surface area contributed by atoms with E-state index in [1.165, 1.54) is 10.9 Å². The van der Waals surface area contributed by atoms with Crippen molar-refractivity contribution < 1.29 is 9.52 Å². The molecule has 6 nitrogen and oxygen atoms in total. The van der Waals surface area contributed by atoms with E-state index in [4.69, 9.17) is 16.6 Å². The van der Waals surface area contributed by atoms with Gasteiger partial charge in [-0.05, 0) is 36.5 Å². The number of hydrogen-bond donors (Lipinski definition) is 2. The molecule has 0 aliphatic carbocycles. The molecule has 0 atom stereocenters. The molecular weight excluding hydrogens is 276 g/mol. The minimum absolute atomic E-state index is 0.144. The number of furan rings is 1. The summed E-state index contributed by atoms with van der Waals surface area (Å²) in [5.74, 6) is 1.16. The van der Waals surface area contributed by atoms with Crippen LogP contribution in [0.2, 0.25) is 0 Å². The van der Waals surface area contributed by atoms with Crippen LogP contribution >= 0.6 is 12.2 Å². The van der Waals surface area contributed by atoms with Gasteiger partial charge in [0, 0.05) is 5.56 Å². The van der Waals surface area contributed by atoms with Crippen molar-refractivity contribution in [1.82, 2.24) is 14.9 Å². The van der Waals surface area contributed by atoms with Crippen LogP contribution in [-0.2, 0) is 0 Å². The fraction of sp³-hybridized carbons (Fsp3) is 0. The minimum atomic E-state index is 0.144. The first-order chi connectivity index (χ1) is 9.75. The molecule has 20 heavy (non-hydrogen) atoms. The monoisotopic (exact) mass is 286 g/mol. The van der Waals surface area contributed by atoms with Crippen LogP contribution in [0.4, 0.5) is 0 Å². The van der Waals surface area contributed by atoms with Gasteiger partial charge in [-0.3, -0.25) is 0 Å². The molecule has 2 aromatic heterocycles. The van der Waals surface area contributed by atoms with Crippen LogP contribution in [0.3, 0.4) is 0 Å². The zero-order valence-electron chi connectivity index (χ0n) is 10.2. The average molecular weight is 286 g/mol. The minimum Gasteiger partial charge on any atom is -0.507 e. The zero-order chi connectivity index (χ0) is 13.9. The molecule has 0 amide bonds. The predicted octanol–water partition coefficient (Wildman–Crippen LogP) is 2.79. The number of phenols is 1. The second kappa shape index (κ2) is 5.14. The highest BCUT2D eigenvalue weighted by Gasteiger charge is 2.10. The smallest absolute Gasteiger partial charge is 0.219 e. The third kappa shape index (κ3) is 2.26. The number of hydrogen-bond acceptors (Lipinski definition) is 5. The first kappa shape index (κ1) is 12.4. The zero-order valence-corrected chi connectivity index (χ0v) is 11.0. The topological polar surface area (TPSA) is 79.3 Å². The third-order valence-electron chi connectivity index (χ3n) is 2.64. The number of para-hydroxylation sites is 1. The molecule has 3 rings (SSSR count). The maximum absolute atomic E-state index is 9.69. The van der Waals surface area contributed by atoms with Crippen molar-refractivity contribution >= 4 is 18.4 Å². The first-order valence-corrected chi connectivity index (χ1v) is 6.20. The highest BCUT2D eigenvalue weighted by atomic mass is 32.1. The van der Waals surface area contributed by atoms with Crippen molar-refractivity contribution in [3.05, 3.63) is 53.0 Å². The Balaban J connectivity index is 2.02. The number of aromatic hydroxyl groups is 1. The quantitative estimate of drug-likeness (QED) is 0.573. The molecule has 0 fully saturated rings. The lowest BCUT2D eigenvalue weighted by molar-refractivity contribution is 0.474. The van der Waals surface area contributed by atoms with Gasteiger partial charge in [-0.25, -0.2) is 5.10 Å². The maximum Gasteiger partial charge on any atom is 0.219 e. The van der Waals surface area contributed by atoms with E-state index < -0.39 is 0 Å². The Morgan fingerprint density at radius 3 is 2.90 bits per heavy atom. The Bertz CT molecular complexity index is 802. The van der Waals surface area contributed by atoms with E-state index in [2.05, 4.69) is 15.3 Å². The number of phenolic OH excluding ortho intramolecular Hbond substituents is 1. The molecule has 2 N–H and O–H groups in total. The van der Waals surface area contributed by atoms with Gasteiger partial charge in [0.25, 0.3) is 0 Å². The molecule has 0 bridgehead atoms. The third-order valence-corrected chi connectivity index (χ3v) is 2.91. The number of aromatic amines is 1. The van der Waals surface area contributed by atoms with Crippen molar-refractivity contribution in [1.29, 1.82) is 0 Å². The highest BCUT2D eigenvalue weighted by molar-refractivity contribution is 7.71. The van der Waals surface area contributed by atoms with Gasteiger partial charge in [-0.2, -0.15) is 9.78 Å². The summed E-state index contributed by atoms with van der Waals surface area (Å²) in [6.45, 7) is 0. The molecule has 7 heteroatoms. The Labute approximate surface area is 119 Å². The second-order valence-electron chi connectivity index (χ2n) is 3.94. The number of nitrogens with zero attached hydrogens (tertiary/aromatic N) is 3. The van der Waals surface area contributed by atoms with Crippen LogP contribution in [0.15, 0.2) is 52.2 Å². The number of H-pyrrole nitrogens is 1. The van der Waals surface area contributed by atoms with Gasteiger partial charge in [0.2, 0.25) is 10.6 Å². The Hall–Kier alpha value is -2.67. The lowest BCUT2D eigenvalue weighted by Crippen LogP contribution is -1.94. The predicted molar refractivity (Wildman–Crippen MR) is 76.2 cm³/mol. The lowest BCUT2D eigenvalue weighted by Gasteiger charge is -1.99. The summed E-state index contributed by atoms with van der Waals surface area (Å²) in [5, 5.41) is 20.6. The van der Waals surface area contributed by atoms with E-state index in [-0.39, 0.29) is 5.75 Å². The van der Waals surface area contributed by atoms with Crippen molar-refractivity contribution in [2.75, 3.05) is 0 Å².